The molecular formula is C24H25N5O3. The second kappa shape index (κ2) is 8.30. The summed E-state index contributed by atoms with van der Waals surface area (Å²) in [5.74, 6) is -0.413. The summed E-state index contributed by atoms with van der Waals surface area (Å²) in [6.45, 7) is 2.00. The Labute approximate surface area is 184 Å². The van der Waals surface area contributed by atoms with Crippen LogP contribution in [0.15, 0.2) is 76.6 Å². The zero-order valence-corrected chi connectivity index (χ0v) is 18.3. The molecule has 0 fully saturated rings. The molecule has 8 nitrogen and oxygen atoms in total. The first-order chi connectivity index (χ1) is 15.3. The van der Waals surface area contributed by atoms with Gasteiger partial charge in [-0.25, -0.2) is 14.3 Å². The molecule has 4 aromatic rings. The maximum absolute atomic E-state index is 12.9. The summed E-state index contributed by atoms with van der Waals surface area (Å²) >= 11 is 0. The number of imidazole rings is 1. The van der Waals surface area contributed by atoms with Crippen molar-refractivity contribution in [1.82, 2.24) is 24.0 Å². The summed E-state index contributed by atoms with van der Waals surface area (Å²) in [5, 5.41) is 2.93. The average Bonchev–Trinajstić information content (AvgIpc) is 3.21. The number of fused-ring (bicyclic) bond motifs is 1. The Morgan fingerprint density at radius 1 is 0.969 bits per heavy atom. The summed E-state index contributed by atoms with van der Waals surface area (Å²) in [7, 11) is 3.21. The van der Waals surface area contributed by atoms with Crippen LogP contribution in [0.4, 0.5) is 0 Å². The molecule has 164 valence electrons. The van der Waals surface area contributed by atoms with Gasteiger partial charge in [-0.1, -0.05) is 60.7 Å². The molecule has 32 heavy (non-hydrogen) atoms. The van der Waals surface area contributed by atoms with E-state index in [-0.39, 0.29) is 12.1 Å². The summed E-state index contributed by atoms with van der Waals surface area (Å²) in [5.41, 5.74) is 1.07. The van der Waals surface area contributed by atoms with Crippen molar-refractivity contribution in [3.8, 4) is 0 Å². The van der Waals surface area contributed by atoms with Crippen molar-refractivity contribution < 1.29 is 4.79 Å². The average molecular weight is 431 g/mol. The molecule has 0 spiro atoms. The lowest BCUT2D eigenvalue weighted by molar-refractivity contribution is -0.122. The van der Waals surface area contributed by atoms with E-state index in [9.17, 15) is 14.4 Å². The highest BCUT2D eigenvalue weighted by Crippen LogP contribution is 2.31. The van der Waals surface area contributed by atoms with Crippen LogP contribution in [0, 0.1) is 0 Å². The van der Waals surface area contributed by atoms with Gasteiger partial charge >= 0.3 is 5.69 Å². The first-order valence-corrected chi connectivity index (χ1v) is 10.3. The number of aryl methyl sites for hydroxylation is 2. The van der Waals surface area contributed by atoms with E-state index >= 15 is 0 Å². The van der Waals surface area contributed by atoms with Gasteiger partial charge in [0.15, 0.2) is 11.2 Å². The lowest BCUT2D eigenvalue weighted by Gasteiger charge is -2.31. The van der Waals surface area contributed by atoms with Crippen LogP contribution in [0.1, 0.15) is 18.1 Å². The molecule has 1 N–H and O–H groups in total. The number of nitrogens with one attached hydrogen (secondary N) is 1. The third-order valence-electron chi connectivity index (χ3n) is 5.96. The van der Waals surface area contributed by atoms with Crippen LogP contribution in [-0.4, -0.2) is 31.1 Å². The predicted molar refractivity (Wildman–Crippen MR) is 123 cm³/mol. The fraction of sp³-hybridized carbons (Fsp3) is 0.250. The number of amides is 1. The Kier molecular flexibility index (Phi) is 5.52. The Bertz CT molecular complexity index is 1340. The summed E-state index contributed by atoms with van der Waals surface area (Å²) < 4.78 is 3.77. The Morgan fingerprint density at radius 2 is 1.53 bits per heavy atom. The second-order valence-electron chi connectivity index (χ2n) is 8.10. The molecule has 2 aromatic carbocycles. The minimum absolute atomic E-state index is 0.276. The zero-order chi connectivity index (χ0) is 22.9. The minimum atomic E-state index is -0.578. The molecule has 0 bridgehead atoms. The normalized spacial score (nSPS) is 11.6. The van der Waals surface area contributed by atoms with E-state index in [2.05, 4.69) is 17.2 Å². The molecule has 8 heteroatoms. The van der Waals surface area contributed by atoms with Gasteiger partial charge in [-0.15, -0.1) is 0 Å². The zero-order valence-electron chi connectivity index (χ0n) is 18.3. The van der Waals surface area contributed by atoms with Gasteiger partial charge in [0.2, 0.25) is 5.91 Å². The molecule has 0 saturated carbocycles. The van der Waals surface area contributed by atoms with Crippen molar-refractivity contribution >= 4 is 17.1 Å². The maximum atomic E-state index is 12.9. The van der Waals surface area contributed by atoms with Crippen LogP contribution in [0.3, 0.4) is 0 Å². The first-order valence-electron chi connectivity index (χ1n) is 10.3. The monoisotopic (exact) mass is 431 g/mol. The Balaban J connectivity index is 1.63. The highest BCUT2D eigenvalue weighted by Gasteiger charge is 2.29. The lowest BCUT2D eigenvalue weighted by atomic mass is 9.76. The van der Waals surface area contributed by atoms with Gasteiger partial charge in [0, 0.05) is 26.1 Å². The molecule has 0 saturated heterocycles. The third kappa shape index (κ3) is 3.64. The number of carbonyl (C=O) groups excluding carboxylic acids is 1. The van der Waals surface area contributed by atoms with E-state index in [0.29, 0.717) is 12.2 Å². The van der Waals surface area contributed by atoms with E-state index in [1.165, 1.54) is 17.9 Å². The van der Waals surface area contributed by atoms with Crippen LogP contribution in [0.25, 0.3) is 11.2 Å². The van der Waals surface area contributed by atoms with Gasteiger partial charge in [0.25, 0.3) is 5.56 Å². The molecule has 0 aliphatic rings. The summed E-state index contributed by atoms with van der Waals surface area (Å²) in [4.78, 5) is 42.5. The molecular weight excluding hydrogens is 406 g/mol. The molecule has 4 rings (SSSR count). The Morgan fingerprint density at radius 3 is 2.09 bits per heavy atom. The van der Waals surface area contributed by atoms with E-state index in [1.807, 2.05) is 60.7 Å². The number of aromatic nitrogens is 4. The SMILES string of the molecule is Cn1cnc2c1c(=O)n(CC(=O)NCC(C)(c1ccccc1)c1ccccc1)c(=O)n2C. The molecule has 0 atom stereocenters. The number of benzene rings is 2. The standard InChI is InChI=1S/C24H25N5O3/c1-24(17-10-6-4-7-11-17,18-12-8-5-9-13-18)15-25-19(30)14-29-22(31)20-21(26-16-27(20)2)28(3)23(29)32/h4-13,16H,14-15H2,1-3H3,(H,25,30). The fourth-order valence-corrected chi connectivity index (χ4v) is 3.99. The fourth-order valence-electron chi connectivity index (χ4n) is 3.99. The second-order valence-corrected chi connectivity index (χ2v) is 8.10. The van der Waals surface area contributed by atoms with Crippen LogP contribution < -0.4 is 16.6 Å². The summed E-state index contributed by atoms with van der Waals surface area (Å²) in [6, 6.07) is 19.8. The molecule has 1 amide bonds. The molecule has 0 aliphatic heterocycles. The molecule has 0 aliphatic carbocycles. The van der Waals surface area contributed by atoms with Crippen LogP contribution >= 0.6 is 0 Å². The topological polar surface area (TPSA) is 90.9 Å². The van der Waals surface area contributed by atoms with E-state index in [4.69, 9.17) is 0 Å². The first kappa shape index (κ1) is 21.3. The largest absolute Gasteiger partial charge is 0.353 e. The van der Waals surface area contributed by atoms with E-state index < -0.39 is 22.6 Å². The number of nitrogens with zero attached hydrogens (tertiary/aromatic N) is 4. The smallest absolute Gasteiger partial charge is 0.332 e. The molecule has 0 unspecified atom stereocenters. The highest BCUT2D eigenvalue weighted by molar-refractivity contribution is 5.77. The predicted octanol–water partition coefficient (Wildman–Crippen LogP) is 1.56. The summed E-state index contributed by atoms with van der Waals surface area (Å²) in [6.07, 6.45) is 1.47. The van der Waals surface area contributed by atoms with Gasteiger partial charge in [-0.2, -0.15) is 0 Å². The van der Waals surface area contributed by atoms with Gasteiger partial charge < -0.3 is 9.88 Å². The van der Waals surface area contributed by atoms with Crippen molar-refractivity contribution in [3.63, 3.8) is 0 Å². The number of hydrogen-bond acceptors (Lipinski definition) is 4. The van der Waals surface area contributed by atoms with Crippen molar-refractivity contribution in [2.75, 3.05) is 6.54 Å². The van der Waals surface area contributed by atoms with Crippen molar-refractivity contribution in [3.05, 3.63) is 99.0 Å². The Hall–Kier alpha value is -3.94. The van der Waals surface area contributed by atoms with Crippen molar-refractivity contribution in [2.45, 2.75) is 18.9 Å². The maximum Gasteiger partial charge on any atom is 0.332 e. The van der Waals surface area contributed by atoms with E-state index in [1.54, 1.807) is 11.6 Å². The van der Waals surface area contributed by atoms with Crippen LogP contribution in [-0.2, 0) is 30.8 Å². The van der Waals surface area contributed by atoms with Gasteiger partial charge in [0.05, 0.1) is 6.33 Å². The van der Waals surface area contributed by atoms with E-state index in [0.717, 1.165) is 15.7 Å². The third-order valence-corrected chi connectivity index (χ3v) is 5.96. The quantitative estimate of drug-likeness (QED) is 0.502. The number of rotatable bonds is 6. The van der Waals surface area contributed by atoms with Crippen LogP contribution in [0.5, 0.6) is 0 Å². The molecule has 0 radical (unpaired) electrons. The van der Waals surface area contributed by atoms with Gasteiger partial charge in [-0.05, 0) is 18.1 Å². The van der Waals surface area contributed by atoms with Gasteiger partial charge in [-0.3, -0.25) is 14.2 Å². The van der Waals surface area contributed by atoms with Gasteiger partial charge in [0.1, 0.15) is 6.54 Å². The highest BCUT2D eigenvalue weighted by atomic mass is 16.2. The lowest BCUT2D eigenvalue weighted by Crippen LogP contribution is -2.46. The van der Waals surface area contributed by atoms with Crippen molar-refractivity contribution in [1.29, 1.82) is 0 Å². The molecule has 2 heterocycles. The number of hydrogen-bond donors (Lipinski definition) is 1. The molecule has 2 aromatic heterocycles. The number of carbonyl (C=O) groups is 1. The van der Waals surface area contributed by atoms with Crippen molar-refractivity contribution in [2.24, 2.45) is 14.1 Å². The minimum Gasteiger partial charge on any atom is -0.353 e. The van der Waals surface area contributed by atoms with Crippen LogP contribution in [0.2, 0.25) is 0 Å².